The molecule has 0 aromatic heterocycles. The Morgan fingerprint density at radius 3 is 2.25 bits per heavy atom. The maximum absolute atomic E-state index is 12.4. The van der Waals surface area contributed by atoms with Crippen LogP contribution >= 0.6 is 0 Å². The Bertz CT molecular complexity index is 749. The molecule has 2 aromatic rings. The van der Waals surface area contributed by atoms with Gasteiger partial charge in [0.1, 0.15) is 0 Å². The first-order chi connectivity index (χ1) is 11.5. The average molecular weight is 324 g/mol. The molecule has 0 aliphatic rings. The van der Waals surface area contributed by atoms with E-state index in [0.29, 0.717) is 29.9 Å². The fourth-order valence-corrected chi connectivity index (χ4v) is 2.51. The lowest BCUT2D eigenvalue weighted by Gasteiger charge is -2.19. The summed E-state index contributed by atoms with van der Waals surface area (Å²) in [6.07, 6.45) is 0. The van der Waals surface area contributed by atoms with Gasteiger partial charge in [-0.3, -0.25) is 9.59 Å². The molecule has 0 aliphatic carbocycles. The number of rotatable bonds is 5. The Kier molecular flexibility index (Phi) is 5.74. The van der Waals surface area contributed by atoms with Crippen LogP contribution in [0, 0.1) is 13.8 Å². The number of benzene rings is 2. The summed E-state index contributed by atoms with van der Waals surface area (Å²) < 4.78 is 0. The van der Waals surface area contributed by atoms with E-state index in [-0.39, 0.29) is 11.8 Å². The molecular formula is C20H24N2O2. The zero-order chi connectivity index (χ0) is 17.7. The highest BCUT2D eigenvalue weighted by molar-refractivity contribution is 6.05. The molecule has 0 atom stereocenters. The molecule has 126 valence electrons. The van der Waals surface area contributed by atoms with E-state index < -0.39 is 0 Å². The van der Waals surface area contributed by atoms with E-state index in [1.54, 1.807) is 29.2 Å². The van der Waals surface area contributed by atoms with Crippen LogP contribution < -0.4 is 5.32 Å². The Hall–Kier alpha value is -2.62. The number of anilines is 1. The summed E-state index contributed by atoms with van der Waals surface area (Å²) in [5, 5.41) is 2.87. The van der Waals surface area contributed by atoms with Crippen LogP contribution in [0.4, 0.5) is 5.69 Å². The summed E-state index contributed by atoms with van der Waals surface area (Å²) in [7, 11) is 0. The van der Waals surface area contributed by atoms with E-state index in [1.807, 2.05) is 45.9 Å². The van der Waals surface area contributed by atoms with Crippen molar-refractivity contribution in [2.45, 2.75) is 27.7 Å². The van der Waals surface area contributed by atoms with Gasteiger partial charge in [-0.25, -0.2) is 0 Å². The fraction of sp³-hybridized carbons (Fsp3) is 0.300. The molecule has 2 aromatic carbocycles. The van der Waals surface area contributed by atoms with Gasteiger partial charge in [0.25, 0.3) is 11.8 Å². The van der Waals surface area contributed by atoms with Gasteiger partial charge in [-0.05, 0) is 69.2 Å². The van der Waals surface area contributed by atoms with Gasteiger partial charge in [0.2, 0.25) is 0 Å². The van der Waals surface area contributed by atoms with Crippen molar-refractivity contribution in [3.8, 4) is 0 Å². The smallest absolute Gasteiger partial charge is 0.255 e. The van der Waals surface area contributed by atoms with Gasteiger partial charge < -0.3 is 10.2 Å². The summed E-state index contributed by atoms with van der Waals surface area (Å²) in [5.41, 5.74) is 4.04. The van der Waals surface area contributed by atoms with Crippen LogP contribution in [0.1, 0.15) is 45.7 Å². The summed E-state index contributed by atoms with van der Waals surface area (Å²) in [6.45, 7) is 9.22. The molecule has 2 amide bonds. The minimum Gasteiger partial charge on any atom is -0.339 e. The molecule has 0 saturated carbocycles. The second-order valence-corrected chi connectivity index (χ2v) is 5.81. The van der Waals surface area contributed by atoms with E-state index in [4.69, 9.17) is 0 Å². The van der Waals surface area contributed by atoms with E-state index in [1.165, 1.54) is 0 Å². The van der Waals surface area contributed by atoms with Gasteiger partial charge in [-0.1, -0.05) is 12.1 Å². The maximum Gasteiger partial charge on any atom is 0.255 e. The normalized spacial score (nSPS) is 10.3. The third-order valence-electron chi connectivity index (χ3n) is 4.19. The molecule has 2 rings (SSSR count). The molecule has 0 spiro atoms. The summed E-state index contributed by atoms with van der Waals surface area (Å²) >= 11 is 0. The highest BCUT2D eigenvalue weighted by atomic mass is 16.2. The van der Waals surface area contributed by atoms with Gasteiger partial charge in [0.05, 0.1) is 0 Å². The second-order valence-electron chi connectivity index (χ2n) is 5.81. The topological polar surface area (TPSA) is 49.4 Å². The lowest BCUT2D eigenvalue weighted by atomic mass is 10.1. The van der Waals surface area contributed by atoms with Gasteiger partial charge in [0.15, 0.2) is 0 Å². The molecule has 0 radical (unpaired) electrons. The van der Waals surface area contributed by atoms with Crippen molar-refractivity contribution in [1.29, 1.82) is 0 Å². The minimum absolute atomic E-state index is 0.0257. The van der Waals surface area contributed by atoms with E-state index in [2.05, 4.69) is 5.32 Å². The van der Waals surface area contributed by atoms with Gasteiger partial charge >= 0.3 is 0 Å². The molecule has 4 heteroatoms. The number of nitrogens with one attached hydrogen (secondary N) is 1. The number of nitrogens with zero attached hydrogens (tertiary/aromatic N) is 1. The van der Waals surface area contributed by atoms with Crippen molar-refractivity contribution in [1.82, 2.24) is 4.90 Å². The molecule has 0 saturated heterocycles. The molecule has 0 unspecified atom stereocenters. The van der Waals surface area contributed by atoms with Gasteiger partial charge in [-0.15, -0.1) is 0 Å². The van der Waals surface area contributed by atoms with Crippen LogP contribution in [0.25, 0.3) is 0 Å². The lowest BCUT2D eigenvalue weighted by Crippen LogP contribution is -2.30. The summed E-state index contributed by atoms with van der Waals surface area (Å²) in [4.78, 5) is 26.6. The number of carbonyl (C=O) groups excluding carboxylic acids is 2. The summed E-state index contributed by atoms with van der Waals surface area (Å²) in [6, 6.07) is 12.7. The SMILES string of the molecule is CCN(CC)C(=O)c1cccc(NC(=O)c2ccc(C)c(C)c2)c1. The highest BCUT2D eigenvalue weighted by Crippen LogP contribution is 2.16. The van der Waals surface area contributed by atoms with Crippen molar-refractivity contribution in [3.05, 3.63) is 64.7 Å². The molecular weight excluding hydrogens is 300 g/mol. The summed E-state index contributed by atoms with van der Waals surface area (Å²) in [5.74, 6) is -0.201. The predicted molar refractivity (Wildman–Crippen MR) is 97.6 cm³/mol. The van der Waals surface area contributed by atoms with E-state index in [0.717, 1.165) is 11.1 Å². The Balaban J connectivity index is 2.18. The Labute approximate surface area is 143 Å². The van der Waals surface area contributed by atoms with E-state index >= 15 is 0 Å². The first-order valence-electron chi connectivity index (χ1n) is 8.24. The molecule has 0 heterocycles. The molecule has 0 fully saturated rings. The van der Waals surface area contributed by atoms with Crippen LogP contribution in [0.3, 0.4) is 0 Å². The highest BCUT2D eigenvalue weighted by Gasteiger charge is 2.13. The first-order valence-corrected chi connectivity index (χ1v) is 8.24. The quantitative estimate of drug-likeness (QED) is 0.902. The number of hydrogen-bond acceptors (Lipinski definition) is 2. The Morgan fingerprint density at radius 1 is 0.917 bits per heavy atom. The maximum atomic E-state index is 12.4. The lowest BCUT2D eigenvalue weighted by molar-refractivity contribution is 0.0772. The zero-order valence-electron chi connectivity index (χ0n) is 14.7. The molecule has 0 aliphatic heterocycles. The monoisotopic (exact) mass is 324 g/mol. The zero-order valence-corrected chi connectivity index (χ0v) is 14.7. The van der Waals surface area contributed by atoms with Gasteiger partial charge in [-0.2, -0.15) is 0 Å². The van der Waals surface area contributed by atoms with Crippen LogP contribution in [0.2, 0.25) is 0 Å². The van der Waals surface area contributed by atoms with Gasteiger partial charge in [0, 0.05) is 29.9 Å². The fourth-order valence-electron chi connectivity index (χ4n) is 2.51. The molecule has 0 bridgehead atoms. The van der Waals surface area contributed by atoms with Crippen molar-refractivity contribution in [3.63, 3.8) is 0 Å². The minimum atomic E-state index is -0.175. The third kappa shape index (κ3) is 4.02. The molecule has 24 heavy (non-hydrogen) atoms. The van der Waals surface area contributed by atoms with Crippen LogP contribution in [-0.2, 0) is 0 Å². The van der Waals surface area contributed by atoms with E-state index in [9.17, 15) is 9.59 Å². The van der Waals surface area contributed by atoms with Crippen molar-refractivity contribution in [2.75, 3.05) is 18.4 Å². The largest absolute Gasteiger partial charge is 0.339 e. The van der Waals surface area contributed by atoms with Crippen molar-refractivity contribution < 1.29 is 9.59 Å². The number of hydrogen-bond donors (Lipinski definition) is 1. The average Bonchev–Trinajstić information content (AvgIpc) is 2.58. The number of aryl methyl sites for hydroxylation is 2. The van der Waals surface area contributed by atoms with Crippen LogP contribution in [0.15, 0.2) is 42.5 Å². The van der Waals surface area contributed by atoms with Crippen LogP contribution in [-0.4, -0.2) is 29.8 Å². The standard InChI is InChI=1S/C20H24N2O2/c1-5-22(6-2)20(24)17-8-7-9-18(13-17)21-19(23)16-11-10-14(3)15(4)12-16/h7-13H,5-6H2,1-4H3,(H,21,23). The predicted octanol–water partition coefficient (Wildman–Crippen LogP) is 4.04. The molecule has 4 nitrogen and oxygen atoms in total. The Morgan fingerprint density at radius 2 is 1.62 bits per heavy atom. The third-order valence-corrected chi connectivity index (χ3v) is 4.19. The molecule has 1 N–H and O–H groups in total. The number of carbonyl (C=O) groups is 2. The van der Waals surface area contributed by atoms with Crippen molar-refractivity contribution >= 4 is 17.5 Å². The first kappa shape index (κ1) is 17.7. The second kappa shape index (κ2) is 7.77. The number of amides is 2. The van der Waals surface area contributed by atoms with Crippen molar-refractivity contribution in [2.24, 2.45) is 0 Å². The van der Waals surface area contributed by atoms with Crippen LogP contribution in [0.5, 0.6) is 0 Å².